The molecule has 2 aromatic rings. The summed E-state index contributed by atoms with van der Waals surface area (Å²) in [7, 11) is 0. The van der Waals surface area contributed by atoms with Crippen molar-refractivity contribution in [1.29, 1.82) is 0 Å². The van der Waals surface area contributed by atoms with E-state index in [4.69, 9.17) is 21.1 Å². The van der Waals surface area contributed by atoms with Gasteiger partial charge in [-0.15, -0.1) is 10.2 Å². The Morgan fingerprint density at radius 1 is 1.19 bits per heavy atom. The molecular weight excluding hydrogens is 370 g/mol. The van der Waals surface area contributed by atoms with E-state index in [0.29, 0.717) is 35.3 Å². The van der Waals surface area contributed by atoms with E-state index < -0.39 is 6.10 Å². The van der Waals surface area contributed by atoms with E-state index in [-0.39, 0.29) is 24.0 Å². The lowest BCUT2D eigenvalue weighted by Gasteiger charge is -2.28. The Morgan fingerprint density at radius 3 is 2.85 bits per heavy atom. The third-order valence-corrected chi connectivity index (χ3v) is 5.80. The van der Waals surface area contributed by atoms with Crippen molar-refractivity contribution in [3.8, 4) is 17.0 Å². The number of hydrogen-bond donors (Lipinski definition) is 3. The van der Waals surface area contributed by atoms with Crippen molar-refractivity contribution in [3.05, 3.63) is 34.3 Å². The number of rotatable bonds is 3. The highest BCUT2D eigenvalue weighted by Gasteiger charge is 2.39. The zero-order valence-electron chi connectivity index (χ0n) is 14.6. The zero-order valence-corrected chi connectivity index (χ0v) is 15.3. The molecule has 5 rings (SSSR count). The molecule has 3 unspecified atom stereocenters. The summed E-state index contributed by atoms with van der Waals surface area (Å²) in [5.41, 5.74) is 3.29. The molecule has 2 bridgehead atoms. The fraction of sp³-hybridized carbons (Fsp3) is 0.474. The predicted molar refractivity (Wildman–Crippen MR) is 98.9 cm³/mol. The number of phenols is 1. The van der Waals surface area contributed by atoms with Crippen molar-refractivity contribution in [2.45, 2.75) is 43.6 Å². The number of benzene rings is 1. The lowest BCUT2D eigenvalue weighted by atomic mass is 9.94. The summed E-state index contributed by atoms with van der Waals surface area (Å²) in [5.74, 6) is 0.709. The maximum absolute atomic E-state index is 10.4. The molecule has 1 aromatic carbocycles. The number of halogens is 1. The first kappa shape index (κ1) is 17.2. The maximum atomic E-state index is 10.4. The molecule has 8 heteroatoms. The zero-order chi connectivity index (χ0) is 18.5. The molecule has 0 saturated carbocycles. The molecular formula is C19H20ClN3O4. The minimum atomic E-state index is -0.580. The number of fused-ring (bicyclic) bond motifs is 4. The molecule has 3 aliphatic rings. The molecule has 3 aliphatic heterocycles. The van der Waals surface area contributed by atoms with Gasteiger partial charge >= 0.3 is 0 Å². The molecule has 0 aliphatic carbocycles. The van der Waals surface area contributed by atoms with Crippen LogP contribution in [0.4, 0.5) is 5.82 Å². The average Bonchev–Trinajstić information content (AvgIpc) is 3.22. The number of aliphatic hydroxyl groups is 1. The largest absolute Gasteiger partial charge is 0.507 e. The Morgan fingerprint density at radius 2 is 2.07 bits per heavy atom. The Balaban J connectivity index is 1.61. The maximum Gasteiger partial charge on any atom is 0.155 e. The molecule has 0 radical (unpaired) electrons. The Labute approximate surface area is 161 Å². The van der Waals surface area contributed by atoms with Crippen molar-refractivity contribution in [2.24, 2.45) is 0 Å². The molecule has 142 valence electrons. The van der Waals surface area contributed by atoms with Crippen LogP contribution in [-0.2, 0) is 15.9 Å². The van der Waals surface area contributed by atoms with Gasteiger partial charge in [-0.25, -0.2) is 0 Å². The fourth-order valence-electron chi connectivity index (χ4n) is 4.22. The van der Waals surface area contributed by atoms with E-state index in [1.54, 1.807) is 12.1 Å². The van der Waals surface area contributed by atoms with Crippen LogP contribution in [0.3, 0.4) is 0 Å². The van der Waals surface area contributed by atoms with Crippen LogP contribution < -0.4 is 5.32 Å². The lowest BCUT2D eigenvalue weighted by Crippen LogP contribution is -2.33. The van der Waals surface area contributed by atoms with E-state index in [2.05, 4.69) is 15.5 Å². The molecule has 2 fully saturated rings. The van der Waals surface area contributed by atoms with Crippen molar-refractivity contribution in [1.82, 2.24) is 10.2 Å². The van der Waals surface area contributed by atoms with Crippen LogP contribution in [0.25, 0.3) is 11.3 Å². The molecule has 7 nitrogen and oxygen atoms in total. The van der Waals surface area contributed by atoms with Gasteiger partial charge in [0.1, 0.15) is 11.4 Å². The van der Waals surface area contributed by atoms with Crippen LogP contribution in [0, 0.1) is 0 Å². The van der Waals surface area contributed by atoms with Crippen molar-refractivity contribution in [3.63, 3.8) is 0 Å². The van der Waals surface area contributed by atoms with E-state index in [1.807, 2.05) is 0 Å². The second kappa shape index (κ2) is 6.60. The SMILES string of the molecule is Oc1cc(Cl)ccc1-c1nnc(NC2COCC2O)c2c1C[C@H]1CCC2O1. The summed E-state index contributed by atoms with van der Waals surface area (Å²) in [5, 5.41) is 33.0. The van der Waals surface area contributed by atoms with Crippen LogP contribution in [0.1, 0.15) is 30.1 Å². The van der Waals surface area contributed by atoms with Crippen molar-refractivity contribution in [2.75, 3.05) is 18.5 Å². The molecule has 4 atom stereocenters. The van der Waals surface area contributed by atoms with E-state index >= 15 is 0 Å². The Kier molecular flexibility index (Phi) is 4.20. The highest BCUT2D eigenvalue weighted by molar-refractivity contribution is 6.30. The topological polar surface area (TPSA) is 96.7 Å². The molecule has 3 N–H and O–H groups in total. The van der Waals surface area contributed by atoms with Gasteiger partial charge in [0.15, 0.2) is 5.82 Å². The Bertz CT molecular complexity index is 893. The summed E-state index contributed by atoms with van der Waals surface area (Å²) in [6, 6.07) is 4.78. The van der Waals surface area contributed by atoms with Gasteiger partial charge in [-0.3, -0.25) is 0 Å². The number of aromatic hydroxyl groups is 1. The molecule has 1 aromatic heterocycles. The number of aliphatic hydroxyl groups excluding tert-OH is 1. The second-order valence-corrected chi connectivity index (χ2v) is 7.77. The highest BCUT2D eigenvalue weighted by Crippen LogP contribution is 2.47. The standard InChI is InChI=1S/C19H20ClN3O4/c20-9-1-3-11(14(24)5-9)18-12-6-10-2-4-16(27-10)17(12)19(23-22-18)21-13-7-26-8-15(13)25/h1,3,5,10,13,15-16,24-25H,2,4,6-8H2,(H,21,23)/t10-,13?,15?,16?/m1/s1. The van der Waals surface area contributed by atoms with Crippen molar-refractivity contribution < 1.29 is 19.7 Å². The highest BCUT2D eigenvalue weighted by atomic mass is 35.5. The van der Waals surface area contributed by atoms with Crippen LogP contribution >= 0.6 is 11.6 Å². The first-order valence-corrected chi connectivity index (χ1v) is 9.54. The van der Waals surface area contributed by atoms with Gasteiger partial charge in [0, 0.05) is 22.6 Å². The normalized spacial score (nSPS) is 29.0. The Hall–Kier alpha value is -1.93. The van der Waals surface area contributed by atoms with Crippen molar-refractivity contribution >= 4 is 17.4 Å². The summed E-state index contributed by atoms with van der Waals surface area (Å²) in [6.45, 7) is 0.734. The molecule has 4 heterocycles. The van der Waals surface area contributed by atoms with Crippen LogP contribution in [-0.4, -0.2) is 51.9 Å². The molecule has 0 spiro atoms. The molecule has 2 saturated heterocycles. The van der Waals surface area contributed by atoms with Gasteiger partial charge in [0.25, 0.3) is 0 Å². The van der Waals surface area contributed by atoms with Gasteiger partial charge in [-0.05, 0) is 36.6 Å². The van der Waals surface area contributed by atoms with Crippen LogP contribution in [0.2, 0.25) is 5.02 Å². The number of nitrogens with zero attached hydrogens (tertiary/aromatic N) is 2. The average molecular weight is 390 g/mol. The fourth-order valence-corrected chi connectivity index (χ4v) is 4.38. The number of nitrogens with one attached hydrogen (secondary N) is 1. The van der Waals surface area contributed by atoms with E-state index in [0.717, 1.165) is 30.4 Å². The van der Waals surface area contributed by atoms with Gasteiger partial charge in [-0.1, -0.05) is 11.6 Å². The van der Waals surface area contributed by atoms with Gasteiger partial charge in [0.2, 0.25) is 0 Å². The van der Waals surface area contributed by atoms with Gasteiger partial charge < -0.3 is 25.0 Å². The number of anilines is 1. The molecule has 0 amide bonds. The number of phenolic OH excluding ortho intramolecular Hbond substituents is 1. The van der Waals surface area contributed by atoms with Crippen LogP contribution in [0.15, 0.2) is 18.2 Å². The second-order valence-electron chi connectivity index (χ2n) is 7.33. The van der Waals surface area contributed by atoms with Crippen LogP contribution in [0.5, 0.6) is 5.75 Å². The summed E-state index contributed by atoms with van der Waals surface area (Å²) < 4.78 is 11.4. The minimum absolute atomic E-state index is 0.0515. The monoisotopic (exact) mass is 389 g/mol. The third-order valence-electron chi connectivity index (χ3n) is 5.56. The van der Waals surface area contributed by atoms with Gasteiger partial charge in [-0.2, -0.15) is 0 Å². The smallest absolute Gasteiger partial charge is 0.155 e. The predicted octanol–water partition coefficient (Wildman–Crippen LogP) is 2.45. The number of aromatic nitrogens is 2. The van der Waals surface area contributed by atoms with E-state index in [1.165, 1.54) is 6.07 Å². The summed E-state index contributed by atoms with van der Waals surface area (Å²) in [6.07, 6.45) is 2.16. The first-order valence-electron chi connectivity index (χ1n) is 9.16. The van der Waals surface area contributed by atoms with Gasteiger partial charge in [0.05, 0.1) is 37.6 Å². The lowest BCUT2D eigenvalue weighted by molar-refractivity contribution is 0.0325. The number of hydrogen-bond acceptors (Lipinski definition) is 7. The summed E-state index contributed by atoms with van der Waals surface area (Å²) >= 11 is 5.98. The third kappa shape index (κ3) is 2.95. The summed E-state index contributed by atoms with van der Waals surface area (Å²) in [4.78, 5) is 0. The minimum Gasteiger partial charge on any atom is -0.507 e. The first-order chi connectivity index (χ1) is 13.1. The quantitative estimate of drug-likeness (QED) is 0.741. The number of ether oxygens (including phenoxy) is 2. The van der Waals surface area contributed by atoms with E-state index in [9.17, 15) is 10.2 Å². The molecule has 27 heavy (non-hydrogen) atoms.